The minimum absolute atomic E-state index is 0.156. The minimum Gasteiger partial charge on any atom is -0.0975 e. The van der Waals surface area contributed by atoms with Gasteiger partial charge in [-0.3, -0.25) is 0 Å². The molecule has 0 nitrogen and oxygen atoms in total. The maximum absolute atomic E-state index is 3.62. The summed E-state index contributed by atoms with van der Waals surface area (Å²) in [6.45, 7) is 6.91. The molecule has 6 aromatic carbocycles. The Balaban J connectivity index is 1.50. The lowest BCUT2D eigenvalue weighted by Crippen LogP contribution is -2.56. The van der Waals surface area contributed by atoms with E-state index in [9.17, 15) is 0 Å². The van der Waals surface area contributed by atoms with Crippen LogP contribution in [0.1, 0.15) is 34.2 Å². The summed E-state index contributed by atoms with van der Waals surface area (Å²) in [6, 6.07) is 40.2. The monoisotopic (exact) mass is 510 g/mol. The summed E-state index contributed by atoms with van der Waals surface area (Å²) in [5.74, 6) is 7.14. The molecule has 40 heavy (non-hydrogen) atoms. The zero-order valence-corrected chi connectivity index (χ0v) is 23.4. The van der Waals surface area contributed by atoms with E-state index in [2.05, 4.69) is 142 Å². The molecule has 1 heterocycles. The lowest BCUT2D eigenvalue weighted by molar-refractivity contribution is 1.03. The summed E-state index contributed by atoms with van der Waals surface area (Å²) < 4.78 is 0. The largest absolute Gasteiger partial charge is 0.243 e. The van der Waals surface area contributed by atoms with E-state index in [1.807, 2.05) is 0 Å². The maximum atomic E-state index is 3.62. The minimum atomic E-state index is 0.156. The van der Waals surface area contributed by atoms with Crippen molar-refractivity contribution in [2.75, 3.05) is 0 Å². The summed E-state index contributed by atoms with van der Waals surface area (Å²) in [4.78, 5) is 0. The predicted octanol–water partition coefficient (Wildman–Crippen LogP) is 7.40. The summed E-state index contributed by atoms with van der Waals surface area (Å²) in [5.41, 5.74) is 13.4. The summed E-state index contributed by atoms with van der Waals surface area (Å²) in [6.07, 6.45) is 1.81. The van der Waals surface area contributed by atoms with Crippen LogP contribution in [0.15, 0.2) is 109 Å². The number of benzene rings is 6. The van der Waals surface area contributed by atoms with Gasteiger partial charge >= 0.3 is 0 Å². The summed E-state index contributed by atoms with van der Waals surface area (Å²) in [7, 11) is 0. The first-order valence-electron chi connectivity index (χ1n) is 14.3. The molecular formula is C39H31B. The van der Waals surface area contributed by atoms with Crippen LogP contribution in [0.4, 0.5) is 0 Å². The van der Waals surface area contributed by atoms with Crippen molar-refractivity contribution in [3.8, 4) is 23.0 Å². The highest BCUT2D eigenvalue weighted by atomic mass is 14.2. The molecule has 0 spiro atoms. The van der Waals surface area contributed by atoms with Crippen molar-refractivity contribution in [3.63, 3.8) is 0 Å². The van der Waals surface area contributed by atoms with E-state index in [-0.39, 0.29) is 6.71 Å². The van der Waals surface area contributed by atoms with Crippen LogP contribution >= 0.6 is 0 Å². The second-order valence-corrected chi connectivity index (χ2v) is 11.2. The Kier molecular flexibility index (Phi) is 6.06. The van der Waals surface area contributed by atoms with Crippen molar-refractivity contribution in [2.45, 2.75) is 33.6 Å². The fraction of sp³-hybridized carbons (Fsp3) is 0.128. The standard InChI is InChI=1S/C39H31B/c1-26-23-27(2)39(28(3)24-26)40-35-22-12-18-30-17-11-21-34(37(30)35)38-33-20-10-9-19-32(33)31(25-36(38)40)16-8-7-15-29-13-5-4-6-14-29/h4-6,9-14,17-25H,7,15H2,1-3H3. The van der Waals surface area contributed by atoms with Crippen LogP contribution in [0.25, 0.3) is 32.7 Å². The Morgan fingerprint density at radius 2 is 1.35 bits per heavy atom. The third-order valence-electron chi connectivity index (χ3n) is 8.53. The van der Waals surface area contributed by atoms with Crippen molar-refractivity contribution >= 4 is 44.6 Å². The van der Waals surface area contributed by atoms with Gasteiger partial charge in [-0.25, -0.2) is 0 Å². The SMILES string of the molecule is Cc1cc(C)c(B2c3cc(C#CCCc4ccccc4)c4ccccc4c3-c3cccc4cccc2c34)c(C)c1. The first-order chi connectivity index (χ1) is 19.6. The molecule has 0 unspecified atom stereocenters. The van der Waals surface area contributed by atoms with Crippen LogP contribution in [0, 0.1) is 32.6 Å². The van der Waals surface area contributed by atoms with Crippen molar-refractivity contribution in [2.24, 2.45) is 0 Å². The molecule has 0 saturated heterocycles. The maximum Gasteiger partial charge on any atom is 0.243 e. The first-order valence-corrected chi connectivity index (χ1v) is 14.3. The van der Waals surface area contributed by atoms with Crippen molar-refractivity contribution in [3.05, 3.63) is 137 Å². The molecule has 1 aliphatic rings. The van der Waals surface area contributed by atoms with E-state index >= 15 is 0 Å². The Morgan fingerprint density at radius 3 is 2.12 bits per heavy atom. The number of rotatable bonds is 3. The summed E-state index contributed by atoms with van der Waals surface area (Å²) >= 11 is 0. The molecule has 0 fully saturated rings. The Morgan fingerprint density at radius 1 is 0.650 bits per heavy atom. The van der Waals surface area contributed by atoms with Gasteiger partial charge in [0.25, 0.3) is 0 Å². The zero-order chi connectivity index (χ0) is 27.2. The number of aryl methyl sites for hydroxylation is 4. The second kappa shape index (κ2) is 9.89. The summed E-state index contributed by atoms with van der Waals surface area (Å²) in [5, 5.41) is 5.22. The van der Waals surface area contributed by atoms with Gasteiger partial charge in [0.2, 0.25) is 6.71 Å². The molecule has 1 aliphatic heterocycles. The van der Waals surface area contributed by atoms with E-state index in [0.29, 0.717) is 0 Å². The van der Waals surface area contributed by atoms with E-state index in [0.717, 1.165) is 18.4 Å². The molecule has 0 aliphatic carbocycles. The number of fused-ring (bicyclic) bond motifs is 4. The van der Waals surface area contributed by atoms with Crippen molar-refractivity contribution in [1.82, 2.24) is 0 Å². The highest BCUT2D eigenvalue weighted by Gasteiger charge is 2.34. The topological polar surface area (TPSA) is 0 Å². The molecule has 190 valence electrons. The highest BCUT2D eigenvalue weighted by molar-refractivity contribution is 6.99. The molecule has 0 radical (unpaired) electrons. The molecule has 0 saturated carbocycles. The zero-order valence-electron chi connectivity index (χ0n) is 23.4. The second-order valence-electron chi connectivity index (χ2n) is 11.2. The van der Waals surface area contributed by atoms with Crippen LogP contribution in [0.3, 0.4) is 0 Å². The first kappa shape index (κ1) is 24.5. The van der Waals surface area contributed by atoms with E-state index < -0.39 is 0 Å². The Labute approximate surface area is 237 Å². The van der Waals surface area contributed by atoms with E-state index in [4.69, 9.17) is 0 Å². The number of hydrogen-bond donors (Lipinski definition) is 0. The predicted molar refractivity (Wildman–Crippen MR) is 174 cm³/mol. The molecule has 7 rings (SSSR count). The van der Waals surface area contributed by atoms with Gasteiger partial charge in [-0.2, -0.15) is 0 Å². The van der Waals surface area contributed by atoms with Crippen molar-refractivity contribution < 1.29 is 0 Å². The van der Waals surface area contributed by atoms with Crippen molar-refractivity contribution in [1.29, 1.82) is 0 Å². The third-order valence-corrected chi connectivity index (χ3v) is 8.53. The molecule has 6 aromatic rings. The van der Waals surface area contributed by atoms with Gasteiger partial charge in [0.1, 0.15) is 0 Å². The Bertz CT molecular complexity index is 1960. The van der Waals surface area contributed by atoms with Gasteiger partial charge in [0, 0.05) is 12.0 Å². The van der Waals surface area contributed by atoms with Crippen LogP contribution in [-0.4, -0.2) is 6.71 Å². The van der Waals surface area contributed by atoms with Crippen LogP contribution in [0.2, 0.25) is 0 Å². The van der Waals surface area contributed by atoms with Crippen LogP contribution in [0.5, 0.6) is 0 Å². The highest BCUT2D eigenvalue weighted by Crippen LogP contribution is 2.36. The van der Waals surface area contributed by atoms with Gasteiger partial charge in [-0.05, 0) is 71.5 Å². The fourth-order valence-corrected chi connectivity index (χ4v) is 6.98. The molecule has 0 atom stereocenters. The molecule has 0 aromatic heterocycles. The fourth-order valence-electron chi connectivity index (χ4n) is 6.98. The average Bonchev–Trinajstić information content (AvgIpc) is 2.97. The van der Waals surface area contributed by atoms with Crippen LogP contribution < -0.4 is 16.4 Å². The molecule has 0 bridgehead atoms. The molecular weight excluding hydrogens is 479 g/mol. The van der Waals surface area contributed by atoms with E-state index in [1.54, 1.807) is 0 Å². The average molecular weight is 510 g/mol. The van der Waals surface area contributed by atoms with Gasteiger partial charge in [-0.1, -0.05) is 148 Å². The van der Waals surface area contributed by atoms with Gasteiger partial charge in [0.15, 0.2) is 0 Å². The third kappa shape index (κ3) is 4.04. The molecule has 0 amide bonds. The lowest BCUT2D eigenvalue weighted by atomic mass is 9.32. The molecule has 0 N–H and O–H groups in total. The molecule has 1 heteroatoms. The van der Waals surface area contributed by atoms with Gasteiger partial charge in [0.05, 0.1) is 0 Å². The number of hydrogen-bond acceptors (Lipinski definition) is 0. The smallest absolute Gasteiger partial charge is 0.0975 e. The quantitative estimate of drug-likeness (QED) is 0.172. The van der Waals surface area contributed by atoms with Gasteiger partial charge in [-0.15, -0.1) is 0 Å². The normalized spacial score (nSPS) is 11.8. The Hall–Kier alpha value is -4.54. The van der Waals surface area contributed by atoms with E-state index in [1.165, 1.54) is 71.3 Å². The lowest BCUT2D eigenvalue weighted by Gasteiger charge is -2.30. The van der Waals surface area contributed by atoms with Gasteiger partial charge < -0.3 is 0 Å². The van der Waals surface area contributed by atoms with Crippen LogP contribution in [-0.2, 0) is 6.42 Å².